The van der Waals surface area contributed by atoms with E-state index in [1.165, 1.54) is 0 Å². The van der Waals surface area contributed by atoms with Crippen LogP contribution in [0.4, 0.5) is 0 Å². The number of ether oxygens (including phenoxy) is 2. The van der Waals surface area contributed by atoms with Gasteiger partial charge < -0.3 is 9.47 Å². The fraction of sp³-hybridized carbons (Fsp3) is 0.417. The van der Waals surface area contributed by atoms with E-state index in [1.54, 1.807) is 6.07 Å². The Bertz CT molecular complexity index is 389. The van der Waals surface area contributed by atoms with Gasteiger partial charge in [-0.3, -0.25) is 0 Å². The molecule has 1 aliphatic heterocycles. The van der Waals surface area contributed by atoms with E-state index >= 15 is 0 Å². The van der Waals surface area contributed by atoms with Gasteiger partial charge in [0.05, 0.1) is 24.8 Å². The molecule has 0 N–H and O–H groups in total. The Hall–Kier alpha value is -1.37. The molecule has 3 heteroatoms. The fourth-order valence-corrected chi connectivity index (χ4v) is 1.86. The van der Waals surface area contributed by atoms with E-state index in [2.05, 4.69) is 6.07 Å². The predicted octanol–water partition coefficient (Wildman–Crippen LogP) is 2.17. The molecule has 0 bridgehead atoms. The van der Waals surface area contributed by atoms with Gasteiger partial charge in [-0.05, 0) is 12.1 Å². The lowest BCUT2D eigenvalue weighted by atomic mass is 10.0. The van der Waals surface area contributed by atoms with Crippen LogP contribution in [0.2, 0.25) is 0 Å². The quantitative estimate of drug-likeness (QED) is 0.739. The van der Waals surface area contributed by atoms with Crippen LogP contribution in [0, 0.1) is 11.3 Å². The lowest BCUT2D eigenvalue weighted by Crippen LogP contribution is -2.25. The molecule has 0 amide bonds. The Kier molecular flexibility index (Phi) is 2.72. The largest absolute Gasteiger partial charge is 0.343 e. The minimum Gasteiger partial charge on any atom is -0.343 e. The highest BCUT2D eigenvalue weighted by Crippen LogP contribution is 2.34. The Morgan fingerprint density at radius 3 is 2.73 bits per heavy atom. The summed E-state index contributed by atoms with van der Waals surface area (Å²) >= 11 is 0. The molecule has 2 rings (SSSR count). The minimum absolute atomic E-state index is 0.616. The summed E-state index contributed by atoms with van der Waals surface area (Å²) in [5.74, 6) is -0.632. The first-order valence-electron chi connectivity index (χ1n) is 5.09. The van der Waals surface area contributed by atoms with Crippen LogP contribution in [0.3, 0.4) is 0 Å². The van der Waals surface area contributed by atoms with Crippen LogP contribution in [-0.4, -0.2) is 13.2 Å². The molecule has 78 valence electrons. The van der Waals surface area contributed by atoms with Crippen LogP contribution in [0.1, 0.15) is 24.5 Å². The molecule has 15 heavy (non-hydrogen) atoms. The molecule has 3 nitrogen and oxygen atoms in total. The van der Waals surface area contributed by atoms with Gasteiger partial charge in [0, 0.05) is 12.0 Å². The molecule has 1 aliphatic rings. The Morgan fingerprint density at radius 2 is 2.13 bits per heavy atom. The van der Waals surface area contributed by atoms with E-state index in [9.17, 15) is 0 Å². The van der Waals surface area contributed by atoms with Crippen molar-refractivity contribution in [2.75, 3.05) is 13.2 Å². The highest BCUT2D eigenvalue weighted by Gasteiger charge is 2.36. The fourth-order valence-electron chi connectivity index (χ4n) is 1.86. The van der Waals surface area contributed by atoms with E-state index in [0.717, 1.165) is 12.0 Å². The summed E-state index contributed by atoms with van der Waals surface area (Å²) in [5, 5.41) is 8.83. The maximum absolute atomic E-state index is 8.83. The Morgan fingerprint density at radius 1 is 1.40 bits per heavy atom. The first kappa shape index (κ1) is 10.2. The molecule has 1 heterocycles. The first-order valence-corrected chi connectivity index (χ1v) is 5.09. The first-order chi connectivity index (χ1) is 7.30. The van der Waals surface area contributed by atoms with Gasteiger partial charge in [-0.15, -0.1) is 0 Å². The zero-order chi connectivity index (χ0) is 10.7. The topological polar surface area (TPSA) is 42.2 Å². The third-order valence-corrected chi connectivity index (χ3v) is 2.65. The zero-order valence-corrected chi connectivity index (χ0v) is 8.69. The summed E-state index contributed by atoms with van der Waals surface area (Å²) in [5.41, 5.74) is 1.57. The monoisotopic (exact) mass is 203 g/mol. The third kappa shape index (κ3) is 1.74. The van der Waals surface area contributed by atoms with Crippen LogP contribution < -0.4 is 0 Å². The van der Waals surface area contributed by atoms with Crippen LogP contribution in [0.15, 0.2) is 24.3 Å². The molecule has 0 aromatic heterocycles. The summed E-state index contributed by atoms with van der Waals surface area (Å²) in [7, 11) is 0. The molecule has 0 aliphatic carbocycles. The number of hydrogen-bond donors (Lipinski definition) is 0. The van der Waals surface area contributed by atoms with Gasteiger partial charge in [0.15, 0.2) is 5.79 Å². The van der Waals surface area contributed by atoms with Gasteiger partial charge in [0.25, 0.3) is 0 Å². The number of nitrogens with zero attached hydrogens (tertiary/aromatic N) is 1. The van der Waals surface area contributed by atoms with Crippen molar-refractivity contribution in [3.63, 3.8) is 0 Å². The third-order valence-electron chi connectivity index (χ3n) is 2.65. The standard InChI is InChI=1S/C12H13NO2/c1-2-12(14-6-7-15-12)11-5-3-4-10(8-11)9-13/h3-5,8H,2,6-7H2,1H3. The Labute approximate surface area is 89.2 Å². The molecule has 1 fully saturated rings. The smallest absolute Gasteiger partial charge is 0.194 e. The van der Waals surface area contributed by atoms with Crippen molar-refractivity contribution < 1.29 is 9.47 Å². The Balaban J connectivity index is 2.39. The summed E-state index contributed by atoms with van der Waals surface area (Å²) in [4.78, 5) is 0. The van der Waals surface area contributed by atoms with Crippen LogP contribution >= 0.6 is 0 Å². The molecule has 1 aromatic carbocycles. The van der Waals surface area contributed by atoms with E-state index in [4.69, 9.17) is 14.7 Å². The summed E-state index contributed by atoms with van der Waals surface area (Å²) in [6.07, 6.45) is 0.752. The SMILES string of the molecule is CCC1(c2cccc(C#N)c2)OCCO1. The molecule has 1 aromatic rings. The zero-order valence-electron chi connectivity index (χ0n) is 8.69. The van der Waals surface area contributed by atoms with Gasteiger partial charge >= 0.3 is 0 Å². The summed E-state index contributed by atoms with van der Waals surface area (Å²) < 4.78 is 11.3. The van der Waals surface area contributed by atoms with Crippen molar-refractivity contribution >= 4 is 0 Å². The average Bonchev–Trinajstić information content (AvgIpc) is 2.79. The molecule has 0 spiro atoms. The molecule has 0 unspecified atom stereocenters. The molecule has 1 saturated heterocycles. The summed E-state index contributed by atoms with van der Waals surface area (Å²) in [6, 6.07) is 9.53. The minimum atomic E-state index is -0.632. The van der Waals surface area contributed by atoms with Gasteiger partial charge in [0.2, 0.25) is 0 Å². The molecule has 0 atom stereocenters. The van der Waals surface area contributed by atoms with E-state index in [1.807, 2.05) is 25.1 Å². The van der Waals surface area contributed by atoms with E-state index < -0.39 is 5.79 Å². The van der Waals surface area contributed by atoms with Crippen molar-refractivity contribution in [1.82, 2.24) is 0 Å². The number of rotatable bonds is 2. The average molecular weight is 203 g/mol. The number of benzene rings is 1. The van der Waals surface area contributed by atoms with Crippen molar-refractivity contribution in [1.29, 1.82) is 5.26 Å². The second-order valence-corrected chi connectivity index (χ2v) is 3.50. The van der Waals surface area contributed by atoms with Crippen LogP contribution in [0.5, 0.6) is 0 Å². The summed E-state index contributed by atoms with van der Waals surface area (Å²) in [6.45, 7) is 3.25. The lowest BCUT2D eigenvalue weighted by Gasteiger charge is -2.26. The predicted molar refractivity (Wildman–Crippen MR) is 55.0 cm³/mol. The van der Waals surface area contributed by atoms with Crippen LogP contribution in [-0.2, 0) is 15.3 Å². The second kappa shape index (κ2) is 4.01. The molecule has 0 saturated carbocycles. The van der Waals surface area contributed by atoms with Crippen molar-refractivity contribution in [3.8, 4) is 6.07 Å². The molecular formula is C12H13NO2. The maximum Gasteiger partial charge on any atom is 0.194 e. The second-order valence-electron chi connectivity index (χ2n) is 3.50. The van der Waals surface area contributed by atoms with Crippen molar-refractivity contribution in [3.05, 3.63) is 35.4 Å². The highest BCUT2D eigenvalue weighted by atomic mass is 16.7. The number of nitriles is 1. The van der Waals surface area contributed by atoms with Crippen LogP contribution in [0.25, 0.3) is 0 Å². The van der Waals surface area contributed by atoms with Crippen molar-refractivity contribution in [2.45, 2.75) is 19.1 Å². The van der Waals surface area contributed by atoms with E-state index in [-0.39, 0.29) is 0 Å². The highest BCUT2D eigenvalue weighted by molar-refractivity contribution is 5.35. The van der Waals surface area contributed by atoms with Gasteiger partial charge in [-0.1, -0.05) is 19.1 Å². The maximum atomic E-state index is 8.83. The van der Waals surface area contributed by atoms with Gasteiger partial charge in [0.1, 0.15) is 0 Å². The lowest BCUT2D eigenvalue weighted by molar-refractivity contribution is -0.167. The number of hydrogen-bond acceptors (Lipinski definition) is 3. The van der Waals surface area contributed by atoms with Gasteiger partial charge in [-0.2, -0.15) is 5.26 Å². The van der Waals surface area contributed by atoms with Crippen molar-refractivity contribution in [2.24, 2.45) is 0 Å². The molecular weight excluding hydrogens is 190 g/mol. The normalized spacial score (nSPS) is 18.7. The van der Waals surface area contributed by atoms with Gasteiger partial charge in [-0.25, -0.2) is 0 Å². The van der Waals surface area contributed by atoms with E-state index in [0.29, 0.717) is 18.8 Å². The molecule has 0 radical (unpaired) electrons.